The molecule has 2 atom stereocenters. The van der Waals surface area contributed by atoms with Gasteiger partial charge in [0, 0.05) is 43.4 Å². The maximum absolute atomic E-state index is 12.7. The van der Waals surface area contributed by atoms with Crippen molar-refractivity contribution in [3.8, 4) is 11.6 Å². The van der Waals surface area contributed by atoms with Gasteiger partial charge in [-0.2, -0.15) is 0 Å². The van der Waals surface area contributed by atoms with Crippen molar-refractivity contribution in [2.24, 2.45) is 0 Å². The Kier molecular flexibility index (Phi) is 5.98. The highest BCUT2D eigenvalue weighted by Crippen LogP contribution is 2.40. The number of H-pyrrole nitrogens is 1. The number of likely N-dealkylation sites (tertiary alicyclic amines) is 1. The summed E-state index contributed by atoms with van der Waals surface area (Å²) in [5.74, 6) is 1.52. The van der Waals surface area contributed by atoms with Crippen molar-refractivity contribution in [2.75, 3.05) is 13.1 Å². The van der Waals surface area contributed by atoms with Crippen LogP contribution in [0.15, 0.2) is 83.3 Å². The Hall–Kier alpha value is -3.80. The summed E-state index contributed by atoms with van der Waals surface area (Å²) < 4.78 is 5.77. The van der Waals surface area contributed by atoms with E-state index < -0.39 is 0 Å². The highest BCUT2D eigenvalue weighted by molar-refractivity contribution is 5.75. The monoisotopic (exact) mass is 441 g/mol. The van der Waals surface area contributed by atoms with Crippen molar-refractivity contribution in [1.82, 2.24) is 15.2 Å². The number of amides is 2. The number of hydrogen-bond acceptors (Lipinski definition) is 3. The largest absolute Gasteiger partial charge is 0.441 e. The topological polar surface area (TPSA) is 74.4 Å². The number of rotatable bonds is 5. The number of aromatic nitrogens is 1. The molecule has 6 nitrogen and oxygen atoms in total. The standard InChI is InChI=1S/C27H27N3O3/c31-22-9-12-28-26(17-22)33-23-8-4-5-20(16-23)15-19-10-13-30(14-11-19)27(32)29-25-18-24(25)21-6-2-1-3-7-21/h1-9,12,15-17,24-25H,10-11,13-14,18H2,(H,28,31)(H,29,32). The number of nitrogens with one attached hydrogen (secondary N) is 2. The summed E-state index contributed by atoms with van der Waals surface area (Å²) in [6, 6.07) is 21.3. The second-order valence-electron chi connectivity index (χ2n) is 8.66. The van der Waals surface area contributed by atoms with E-state index in [-0.39, 0.29) is 17.5 Å². The first-order chi connectivity index (χ1) is 16.1. The summed E-state index contributed by atoms with van der Waals surface area (Å²) in [5.41, 5.74) is 3.56. The van der Waals surface area contributed by atoms with Crippen LogP contribution in [0.4, 0.5) is 4.79 Å². The number of benzene rings is 2. The molecule has 33 heavy (non-hydrogen) atoms. The first-order valence-electron chi connectivity index (χ1n) is 11.4. The van der Waals surface area contributed by atoms with E-state index in [4.69, 9.17) is 4.74 Å². The molecule has 6 heteroatoms. The van der Waals surface area contributed by atoms with Crippen molar-refractivity contribution >= 4 is 12.1 Å². The third-order valence-corrected chi connectivity index (χ3v) is 6.22. The van der Waals surface area contributed by atoms with E-state index >= 15 is 0 Å². The Bertz CT molecular complexity index is 1210. The Morgan fingerprint density at radius 2 is 1.85 bits per heavy atom. The zero-order valence-electron chi connectivity index (χ0n) is 18.4. The lowest BCUT2D eigenvalue weighted by Gasteiger charge is -2.28. The molecule has 1 aliphatic carbocycles. The molecule has 0 radical (unpaired) electrons. The minimum Gasteiger partial charge on any atom is -0.441 e. The quantitative estimate of drug-likeness (QED) is 0.591. The number of carbonyl (C=O) groups is 1. The van der Waals surface area contributed by atoms with Gasteiger partial charge in [-0.05, 0) is 42.5 Å². The number of aromatic amines is 1. The molecule has 2 heterocycles. The van der Waals surface area contributed by atoms with Gasteiger partial charge in [0.2, 0.25) is 5.88 Å². The molecule has 2 aromatic carbocycles. The van der Waals surface area contributed by atoms with Crippen LogP contribution in [0.3, 0.4) is 0 Å². The first-order valence-corrected chi connectivity index (χ1v) is 11.4. The highest BCUT2D eigenvalue weighted by Gasteiger charge is 2.40. The van der Waals surface area contributed by atoms with E-state index in [2.05, 4.69) is 40.6 Å². The number of piperidine rings is 1. The average Bonchev–Trinajstić information content (AvgIpc) is 3.59. The van der Waals surface area contributed by atoms with Crippen LogP contribution in [0.25, 0.3) is 6.08 Å². The lowest BCUT2D eigenvalue weighted by molar-refractivity contribution is 0.193. The maximum atomic E-state index is 12.7. The Morgan fingerprint density at radius 1 is 1.03 bits per heavy atom. The van der Waals surface area contributed by atoms with Gasteiger partial charge in [-0.15, -0.1) is 0 Å². The summed E-state index contributed by atoms with van der Waals surface area (Å²) in [6.07, 6.45) is 6.47. The van der Waals surface area contributed by atoms with E-state index in [1.807, 2.05) is 35.2 Å². The molecule has 168 valence electrons. The molecular weight excluding hydrogens is 414 g/mol. The third kappa shape index (κ3) is 5.34. The molecule has 2 fully saturated rings. The minimum atomic E-state index is -0.102. The highest BCUT2D eigenvalue weighted by atomic mass is 16.5. The van der Waals surface area contributed by atoms with Crippen molar-refractivity contribution < 1.29 is 9.53 Å². The van der Waals surface area contributed by atoms with Crippen molar-refractivity contribution in [3.05, 3.63) is 99.9 Å². The predicted octanol–water partition coefficient (Wildman–Crippen LogP) is 4.91. The zero-order chi connectivity index (χ0) is 22.6. The van der Waals surface area contributed by atoms with E-state index in [0.29, 0.717) is 17.5 Å². The van der Waals surface area contributed by atoms with E-state index in [9.17, 15) is 9.59 Å². The molecule has 3 aromatic rings. The molecule has 2 aliphatic rings. The fraction of sp³-hybridized carbons (Fsp3) is 0.259. The van der Waals surface area contributed by atoms with Gasteiger partial charge in [0.25, 0.3) is 0 Å². The number of hydrogen-bond donors (Lipinski definition) is 2. The smallest absolute Gasteiger partial charge is 0.317 e. The first kappa shape index (κ1) is 21.1. The number of pyridine rings is 1. The molecule has 5 rings (SSSR count). The molecule has 2 amide bonds. The zero-order valence-corrected chi connectivity index (χ0v) is 18.4. The molecule has 1 saturated carbocycles. The molecule has 2 unspecified atom stereocenters. The van der Waals surface area contributed by atoms with Gasteiger partial charge < -0.3 is 19.9 Å². The van der Waals surface area contributed by atoms with Crippen molar-refractivity contribution in [1.29, 1.82) is 0 Å². The van der Waals surface area contributed by atoms with Crippen molar-refractivity contribution in [3.63, 3.8) is 0 Å². The van der Waals surface area contributed by atoms with Gasteiger partial charge in [-0.25, -0.2) is 4.79 Å². The molecule has 0 spiro atoms. The summed E-state index contributed by atoms with van der Waals surface area (Å²) >= 11 is 0. The van der Waals surface area contributed by atoms with Gasteiger partial charge in [-0.1, -0.05) is 54.1 Å². The summed E-state index contributed by atoms with van der Waals surface area (Å²) in [6.45, 7) is 1.45. The van der Waals surface area contributed by atoms with Crippen LogP contribution in [0.1, 0.15) is 36.3 Å². The summed E-state index contributed by atoms with van der Waals surface area (Å²) in [7, 11) is 0. The van der Waals surface area contributed by atoms with Gasteiger partial charge >= 0.3 is 6.03 Å². The number of ether oxygens (including phenoxy) is 1. The second kappa shape index (κ2) is 9.36. The minimum absolute atomic E-state index is 0.0460. The van der Waals surface area contributed by atoms with Gasteiger partial charge in [0.15, 0.2) is 5.43 Å². The fourth-order valence-corrected chi connectivity index (χ4v) is 4.33. The molecule has 1 aliphatic heterocycles. The molecule has 1 aromatic heterocycles. The third-order valence-electron chi connectivity index (χ3n) is 6.22. The van der Waals surface area contributed by atoms with Crippen LogP contribution in [0.5, 0.6) is 11.6 Å². The Morgan fingerprint density at radius 3 is 2.64 bits per heavy atom. The molecule has 2 N–H and O–H groups in total. The van der Waals surface area contributed by atoms with Crippen molar-refractivity contribution in [2.45, 2.75) is 31.2 Å². The van der Waals surface area contributed by atoms with Crippen LogP contribution < -0.4 is 15.5 Å². The van der Waals surface area contributed by atoms with E-state index in [1.165, 1.54) is 23.3 Å². The predicted molar refractivity (Wildman–Crippen MR) is 128 cm³/mol. The number of carbonyl (C=O) groups excluding carboxylic acids is 1. The number of nitrogens with zero attached hydrogens (tertiary/aromatic N) is 1. The van der Waals surface area contributed by atoms with Crippen LogP contribution >= 0.6 is 0 Å². The number of urea groups is 1. The lowest BCUT2D eigenvalue weighted by atomic mass is 10.0. The van der Waals surface area contributed by atoms with Gasteiger partial charge in [-0.3, -0.25) is 4.79 Å². The molecular formula is C27H27N3O3. The normalized spacial score (nSPS) is 19.6. The second-order valence-corrected chi connectivity index (χ2v) is 8.66. The van der Waals surface area contributed by atoms with E-state index in [1.54, 1.807) is 6.20 Å². The maximum Gasteiger partial charge on any atom is 0.317 e. The fourth-order valence-electron chi connectivity index (χ4n) is 4.33. The SMILES string of the molecule is O=C(NC1CC1c1ccccc1)N1CCC(=Cc2cccc(Oc3cc(=O)cc[nH]3)c2)CC1. The average molecular weight is 442 g/mol. The van der Waals surface area contributed by atoms with E-state index in [0.717, 1.165) is 37.9 Å². The van der Waals surface area contributed by atoms with Gasteiger partial charge in [0.1, 0.15) is 5.75 Å². The van der Waals surface area contributed by atoms with Crippen LogP contribution in [0, 0.1) is 0 Å². The Labute approximate surface area is 192 Å². The summed E-state index contributed by atoms with van der Waals surface area (Å²) in [4.78, 5) is 29.0. The Balaban J connectivity index is 1.14. The molecule has 0 bridgehead atoms. The molecule has 1 saturated heterocycles. The van der Waals surface area contributed by atoms with Crippen LogP contribution in [-0.4, -0.2) is 35.0 Å². The van der Waals surface area contributed by atoms with Crippen LogP contribution in [0.2, 0.25) is 0 Å². The van der Waals surface area contributed by atoms with Crippen LogP contribution in [-0.2, 0) is 0 Å². The van der Waals surface area contributed by atoms with Gasteiger partial charge in [0.05, 0.1) is 0 Å². The lowest BCUT2D eigenvalue weighted by Crippen LogP contribution is -2.44. The summed E-state index contributed by atoms with van der Waals surface area (Å²) in [5, 5.41) is 3.20.